The summed E-state index contributed by atoms with van der Waals surface area (Å²) in [5.74, 6) is 15.2. The fourth-order valence-electron chi connectivity index (χ4n) is 18.9. The number of nitrogens with zero attached hydrogens (tertiary/aromatic N) is 1. The van der Waals surface area contributed by atoms with Crippen molar-refractivity contribution in [2.45, 2.75) is 336 Å². The molecule has 0 amide bonds. The molecule has 4 aliphatic carbocycles. The van der Waals surface area contributed by atoms with Gasteiger partial charge in [0.15, 0.2) is 6.10 Å². The van der Waals surface area contributed by atoms with Gasteiger partial charge in [-0.15, -0.1) is 0 Å². The molecule has 23 heteroatoms. The summed E-state index contributed by atoms with van der Waals surface area (Å²) in [5, 5.41) is 48.0. The van der Waals surface area contributed by atoms with Gasteiger partial charge < -0.3 is 68.1 Å². The van der Waals surface area contributed by atoms with E-state index in [1.54, 1.807) is 0 Å². The lowest BCUT2D eigenvalue weighted by Crippen LogP contribution is -2.46. The Morgan fingerprint density at radius 3 is 1.04 bits per heavy atom. The molecule has 0 unspecified atom stereocenters. The van der Waals surface area contributed by atoms with Crippen LogP contribution in [0.2, 0.25) is 0 Å². The average molecular weight is 1670 g/mol. The Morgan fingerprint density at radius 2 is 0.756 bits per heavy atom. The normalized spacial score (nSPS) is 23.0. The van der Waals surface area contributed by atoms with Crippen LogP contribution in [0.4, 0.5) is 0 Å². The summed E-state index contributed by atoms with van der Waals surface area (Å²) in [4.78, 5) is 39.2. The van der Waals surface area contributed by atoms with Gasteiger partial charge in [-0.2, -0.15) is 9.25 Å². The standard InChI is InChI=1S/C26H39NO3.C26H38O7.C23H32O4.C21H33N2O5P/c1-7-8-9-10-19-16-22(29-24(28)13-14-27(5)6)25-20-15-18(2)11-12-21(20)26(3,4)30-23(25)17-19;1-5-6-7-8-16-12-20(32-25(31)24(30)23(29)19(28)14-27)22-17-11-15(2)9-10-18(17)26(3,4)33-21(22)13-16;1-5-6-7-8-16-12-19(26-21(25)14-24)22-17-11-15(2)9-10-18(17)23(3,4)27-20(22)13-16;1-5-6-7-8-15-12-18-20(19(13-15)26-29(24,27-22)28-23)16-11-14(2)9-10-17(16)21(3,4)25-18/h15-17,20-21H,7-14H2,1-6H3;11-13,17-19,23-24,27-30H,5-10,14H2,1-4H3;11-13,17-18,24H,5-10,14H2,1-4H3;11-13,16-17H,5-10,22-23H2,1-4H3/t20-,21-;17-,18-,19-,23-,24-;17-,18-;16-,17-/m1111/s1. The Balaban J connectivity index is 0.000000181. The fourth-order valence-corrected chi connectivity index (χ4v) is 19.5. The minimum absolute atomic E-state index is 0.00455. The second-order valence-corrected chi connectivity index (χ2v) is 38.4. The summed E-state index contributed by atoms with van der Waals surface area (Å²) in [6.07, 6.45) is 29.3. The summed E-state index contributed by atoms with van der Waals surface area (Å²) in [6.45, 7) is 33.7. The topological polar surface area (TPSA) is 317 Å². The maximum absolute atomic E-state index is 12.7. The summed E-state index contributed by atoms with van der Waals surface area (Å²) in [6, 6.07) is 16.2. The van der Waals surface area contributed by atoms with Crippen molar-refractivity contribution in [3.8, 4) is 46.0 Å². The number of phosphoric acid groups is 1. The number of ether oxygens (including phenoxy) is 7. The number of esters is 3. The number of aryl methyl sites for hydroxylation is 4. The molecule has 660 valence electrons. The zero-order valence-corrected chi connectivity index (χ0v) is 75.5. The van der Waals surface area contributed by atoms with Crippen molar-refractivity contribution in [2.75, 3.05) is 33.9 Å². The molecular weight excluding hydrogens is 1530 g/mol. The van der Waals surface area contributed by atoms with Gasteiger partial charge in [-0.1, -0.05) is 126 Å². The highest BCUT2D eigenvalue weighted by molar-refractivity contribution is 7.48. The molecule has 12 rings (SSSR count). The number of nitrogens with two attached hydrogens (primary N) is 2. The number of allylic oxidation sites excluding steroid dienone is 8. The zero-order valence-electron chi connectivity index (χ0n) is 74.6. The third kappa shape index (κ3) is 24.3. The summed E-state index contributed by atoms with van der Waals surface area (Å²) < 4.78 is 70.2. The van der Waals surface area contributed by atoms with Crippen molar-refractivity contribution in [2.24, 2.45) is 35.5 Å². The van der Waals surface area contributed by atoms with Crippen molar-refractivity contribution in [3.05, 3.63) is 140 Å². The Bertz CT molecular complexity index is 4300. The van der Waals surface area contributed by atoms with E-state index in [-0.39, 0.29) is 63.9 Å². The van der Waals surface area contributed by atoms with Crippen molar-refractivity contribution >= 4 is 25.7 Å². The van der Waals surface area contributed by atoms with Crippen LogP contribution in [0.25, 0.3) is 0 Å². The van der Waals surface area contributed by atoms with Gasteiger partial charge in [-0.05, 0) is 271 Å². The maximum Gasteiger partial charge on any atom is 0.563 e. The minimum atomic E-state index is -4.12. The van der Waals surface area contributed by atoms with Crippen LogP contribution in [0.3, 0.4) is 0 Å². The van der Waals surface area contributed by atoms with Gasteiger partial charge in [0.1, 0.15) is 87.2 Å². The highest BCUT2D eigenvalue weighted by atomic mass is 31.2. The highest BCUT2D eigenvalue weighted by Gasteiger charge is 2.51. The van der Waals surface area contributed by atoms with Crippen LogP contribution in [0.5, 0.6) is 46.0 Å². The average Bonchev–Trinajstić information content (AvgIpc) is 0.757. The number of aliphatic hydroxyl groups excluding tert-OH is 5. The van der Waals surface area contributed by atoms with E-state index in [2.05, 4.69) is 169 Å². The first-order valence-electron chi connectivity index (χ1n) is 44.1. The van der Waals surface area contributed by atoms with Crippen LogP contribution >= 0.6 is 7.82 Å². The Labute approximate surface area is 709 Å². The second kappa shape index (κ2) is 42.4. The molecule has 0 fully saturated rings. The monoisotopic (exact) mass is 1670 g/mol. The molecule has 4 aromatic carbocycles. The van der Waals surface area contributed by atoms with Crippen LogP contribution in [-0.2, 0) is 53.9 Å². The molecule has 0 saturated carbocycles. The van der Waals surface area contributed by atoms with Crippen molar-refractivity contribution in [1.29, 1.82) is 0 Å². The lowest BCUT2D eigenvalue weighted by atomic mass is 9.68. The number of benzene rings is 4. The van der Waals surface area contributed by atoms with Gasteiger partial charge in [0.2, 0.25) is 0 Å². The van der Waals surface area contributed by atoms with E-state index < -0.39 is 51.3 Å². The Hall–Kier alpha value is -6.92. The minimum Gasteiger partial charge on any atom is -0.487 e. The molecule has 119 heavy (non-hydrogen) atoms. The van der Waals surface area contributed by atoms with Gasteiger partial charge >= 0.3 is 25.7 Å². The molecule has 0 saturated heterocycles. The van der Waals surface area contributed by atoms with Crippen LogP contribution in [0.1, 0.15) is 314 Å². The summed E-state index contributed by atoms with van der Waals surface area (Å²) in [5.41, 5.74) is 12.1. The van der Waals surface area contributed by atoms with Crippen LogP contribution in [0, 0.1) is 23.7 Å². The number of aliphatic hydroxyl groups is 5. The lowest BCUT2D eigenvalue weighted by molar-refractivity contribution is -0.156. The SMILES string of the molecule is CCCCCc1cc(OC(=O)CCN(C)C)c2c(c1)OC(C)(C)[C@@H]1CCC(C)=C[C@@H]21.CCCCCc1cc(OC(=O)CO)c2c(c1)OC(C)(C)[C@@H]1CCC(C)=C[C@@H]21.CCCCCc1cc(OC(=O)[C@H](O)[C@H](O)[C@H](O)CO)c2c(c1)OC(C)(C)[C@@H]1CCC(C)=C[C@@H]21.CCCCCc1cc2c(c(OP(=O)(ON)ON)c1)[C@@H]1C=C(C)CC[C@H]1C(C)(C)O2. The number of fused-ring (bicyclic) bond motifs is 12. The third-order valence-corrected chi connectivity index (χ3v) is 26.4. The zero-order chi connectivity index (χ0) is 87.1. The highest BCUT2D eigenvalue weighted by Crippen LogP contribution is 2.60. The Morgan fingerprint density at radius 1 is 0.462 bits per heavy atom. The molecule has 11 atom stereocenters. The molecule has 4 aliphatic heterocycles. The molecule has 4 aromatic rings. The largest absolute Gasteiger partial charge is 0.563 e. The number of rotatable bonds is 31. The van der Waals surface area contributed by atoms with Gasteiger partial charge in [-0.3, -0.25) is 4.79 Å². The van der Waals surface area contributed by atoms with Crippen LogP contribution < -0.4 is 49.5 Å². The lowest BCUT2D eigenvalue weighted by Gasteiger charge is -2.46. The summed E-state index contributed by atoms with van der Waals surface area (Å²) >= 11 is 0. The van der Waals surface area contributed by atoms with E-state index in [4.69, 9.17) is 54.6 Å². The van der Waals surface area contributed by atoms with E-state index in [0.717, 1.165) is 191 Å². The van der Waals surface area contributed by atoms with E-state index >= 15 is 0 Å². The number of carbonyl (C=O) groups excluding carboxylic acids is 3. The quantitative estimate of drug-likeness (QED) is 0.00615. The van der Waals surface area contributed by atoms with Crippen LogP contribution in [0.15, 0.2) is 95.1 Å². The number of unbranched alkanes of at least 4 members (excludes halogenated alkanes) is 8. The van der Waals surface area contributed by atoms with Gasteiger partial charge in [0.25, 0.3) is 0 Å². The smallest absolute Gasteiger partial charge is 0.487 e. The molecule has 4 heterocycles. The molecule has 22 nitrogen and oxygen atoms in total. The predicted molar refractivity (Wildman–Crippen MR) is 465 cm³/mol. The number of carbonyl (C=O) groups is 3. The first kappa shape index (κ1) is 95.9. The molecular formula is C96H142N3O19P. The van der Waals surface area contributed by atoms with Crippen molar-refractivity contribution < 1.29 is 91.4 Å². The third-order valence-electron chi connectivity index (χ3n) is 25.5. The van der Waals surface area contributed by atoms with E-state index in [0.29, 0.717) is 53.5 Å². The van der Waals surface area contributed by atoms with E-state index in [1.807, 2.05) is 43.3 Å². The van der Waals surface area contributed by atoms with Crippen molar-refractivity contribution in [3.63, 3.8) is 0 Å². The van der Waals surface area contributed by atoms with Crippen LogP contribution in [-0.4, -0.2) is 123 Å². The van der Waals surface area contributed by atoms with Gasteiger partial charge in [0.05, 0.1) is 13.0 Å². The Kier molecular flexibility index (Phi) is 34.2. The second-order valence-electron chi connectivity index (χ2n) is 36.9. The fraction of sp³-hybridized carbons (Fsp3) is 0.635. The van der Waals surface area contributed by atoms with Gasteiger partial charge in [0, 0.05) is 76.1 Å². The first-order chi connectivity index (χ1) is 56.4. The molecule has 0 spiro atoms. The first-order valence-corrected chi connectivity index (χ1v) is 45.6. The maximum atomic E-state index is 12.7. The molecule has 0 radical (unpaired) electrons. The molecule has 9 N–H and O–H groups in total. The van der Waals surface area contributed by atoms with E-state index in [1.165, 1.54) is 47.1 Å². The van der Waals surface area contributed by atoms with Crippen molar-refractivity contribution in [1.82, 2.24) is 4.90 Å². The predicted octanol–water partition coefficient (Wildman–Crippen LogP) is 19.1. The molecule has 0 bridgehead atoms. The number of hydrogen-bond acceptors (Lipinski definition) is 22. The summed E-state index contributed by atoms with van der Waals surface area (Å²) in [7, 11) is -0.173. The van der Waals surface area contributed by atoms with E-state index in [9.17, 15) is 39.4 Å². The van der Waals surface area contributed by atoms with Gasteiger partial charge in [-0.25, -0.2) is 25.9 Å². The number of hydrogen-bond donors (Lipinski definition) is 7. The molecule has 0 aromatic heterocycles. The molecule has 8 aliphatic rings.